The molecule has 0 aliphatic rings. The molecule has 6 nitrogen and oxygen atoms in total. The van der Waals surface area contributed by atoms with Crippen LogP contribution in [0.4, 0.5) is 11.4 Å². The molecule has 0 radical (unpaired) electrons. The van der Waals surface area contributed by atoms with Crippen LogP contribution in [-0.4, -0.2) is 14.2 Å². The maximum absolute atomic E-state index is 13.6. The molecule has 166 valence electrons. The standard InChI is InChI=1S/C25H27N3O3S/c1-4-19-10-12-20(13-11-19)28-22-7-5-6-8-23(22)32(30,31)24(16-27-26)25(29)21-14-9-17(2)15-18(21)3/h5-16,27-28H,4,26H2,1-3H3. The number of benzene rings is 3. The largest absolute Gasteiger partial charge is 0.354 e. The third kappa shape index (κ3) is 4.90. The second-order valence-electron chi connectivity index (χ2n) is 7.50. The average molecular weight is 450 g/mol. The molecular formula is C25H27N3O3S. The van der Waals surface area contributed by atoms with Crippen molar-refractivity contribution in [2.75, 3.05) is 5.32 Å². The molecule has 0 aromatic heterocycles. The van der Waals surface area contributed by atoms with E-state index in [1.54, 1.807) is 37.3 Å². The van der Waals surface area contributed by atoms with Gasteiger partial charge in [0.05, 0.1) is 10.6 Å². The summed E-state index contributed by atoms with van der Waals surface area (Å²) in [6, 6.07) is 19.5. The van der Waals surface area contributed by atoms with Crippen molar-refractivity contribution < 1.29 is 13.2 Å². The Hall–Kier alpha value is -3.42. The first kappa shape index (κ1) is 23.2. The number of anilines is 2. The highest BCUT2D eigenvalue weighted by Gasteiger charge is 2.30. The molecule has 0 unspecified atom stereocenters. The van der Waals surface area contributed by atoms with Gasteiger partial charge in [-0.2, -0.15) is 0 Å². The number of aryl methyl sites for hydroxylation is 3. The summed E-state index contributed by atoms with van der Waals surface area (Å²) in [5, 5.41) is 3.16. The monoisotopic (exact) mass is 449 g/mol. The highest BCUT2D eigenvalue weighted by atomic mass is 32.2. The SMILES string of the molecule is CCc1ccc(Nc2ccccc2S(=O)(=O)C(=CNN)C(=O)c2ccc(C)cc2C)cc1. The van der Waals surface area contributed by atoms with Crippen LogP contribution in [-0.2, 0) is 16.3 Å². The van der Waals surface area contributed by atoms with Crippen LogP contribution in [0.1, 0.15) is 34.0 Å². The summed E-state index contributed by atoms with van der Waals surface area (Å²) >= 11 is 0. The van der Waals surface area contributed by atoms with Crippen LogP contribution in [0.15, 0.2) is 82.7 Å². The lowest BCUT2D eigenvalue weighted by Gasteiger charge is -2.15. The number of hydrogen-bond acceptors (Lipinski definition) is 6. The van der Waals surface area contributed by atoms with E-state index in [4.69, 9.17) is 5.84 Å². The number of allylic oxidation sites excluding steroid dienone is 1. The van der Waals surface area contributed by atoms with Crippen molar-refractivity contribution in [3.8, 4) is 0 Å². The van der Waals surface area contributed by atoms with E-state index < -0.39 is 20.5 Å². The van der Waals surface area contributed by atoms with Gasteiger partial charge in [-0.15, -0.1) is 0 Å². The highest BCUT2D eigenvalue weighted by molar-refractivity contribution is 7.96. The number of hydrogen-bond donors (Lipinski definition) is 3. The highest BCUT2D eigenvalue weighted by Crippen LogP contribution is 2.31. The molecule has 3 aromatic rings. The lowest BCUT2D eigenvalue weighted by molar-refractivity contribution is 0.104. The fourth-order valence-corrected chi connectivity index (χ4v) is 4.92. The van der Waals surface area contributed by atoms with E-state index in [0.29, 0.717) is 16.8 Å². The Kier molecular flexibility index (Phi) is 7.12. The van der Waals surface area contributed by atoms with Crippen molar-refractivity contribution in [3.05, 3.63) is 100 Å². The summed E-state index contributed by atoms with van der Waals surface area (Å²) in [6.45, 7) is 5.75. The summed E-state index contributed by atoms with van der Waals surface area (Å²) in [6.07, 6.45) is 1.94. The zero-order chi connectivity index (χ0) is 23.3. The molecule has 0 spiro atoms. The van der Waals surface area contributed by atoms with Gasteiger partial charge in [0, 0.05) is 17.5 Å². The average Bonchev–Trinajstić information content (AvgIpc) is 2.78. The molecule has 0 atom stereocenters. The Morgan fingerprint density at radius 1 is 1.00 bits per heavy atom. The maximum atomic E-state index is 13.6. The molecular weight excluding hydrogens is 422 g/mol. The third-order valence-electron chi connectivity index (χ3n) is 5.17. The molecule has 0 bridgehead atoms. The van der Waals surface area contributed by atoms with Crippen molar-refractivity contribution in [1.29, 1.82) is 0 Å². The maximum Gasteiger partial charge on any atom is 0.214 e. The van der Waals surface area contributed by atoms with Gasteiger partial charge in [0.15, 0.2) is 0 Å². The first-order valence-electron chi connectivity index (χ1n) is 10.3. The number of sulfone groups is 1. The summed E-state index contributed by atoms with van der Waals surface area (Å²) < 4.78 is 27.2. The van der Waals surface area contributed by atoms with E-state index in [-0.39, 0.29) is 4.90 Å². The number of hydrazine groups is 1. The van der Waals surface area contributed by atoms with Gasteiger partial charge in [-0.25, -0.2) is 8.42 Å². The van der Waals surface area contributed by atoms with Crippen molar-refractivity contribution in [2.45, 2.75) is 32.1 Å². The van der Waals surface area contributed by atoms with E-state index in [9.17, 15) is 13.2 Å². The van der Waals surface area contributed by atoms with E-state index >= 15 is 0 Å². The molecule has 4 N–H and O–H groups in total. The van der Waals surface area contributed by atoms with Gasteiger partial charge >= 0.3 is 0 Å². The molecule has 0 heterocycles. The molecule has 0 amide bonds. The summed E-state index contributed by atoms with van der Waals surface area (Å²) in [5.41, 5.74) is 6.49. The van der Waals surface area contributed by atoms with Gasteiger partial charge in [-0.05, 0) is 55.7 Å². The molecule has 0 saturated heterocycles. The first-order valence-corrected chi connectivity index (χ1v) is 11.7. The number of ketones is 1. The van der Waals surface area contributed by atoms with E-state index in [0.717, 1.165) is 23.9 Å². The van der Waals surface area contributed by atoms with E-state index in [1.165, 1.54) is 11.6 Å². The van der Waals surface area contributed by atoms with Gasteiger partial charge in [-0.3, -0.25) is 10.6 Å². The number of para-hydroxylation sites is 1. The minimum absolute atomic E-state index is 0.0146. The van der Waals surface area contributed by atoms with Gasteiger partial charge in [0.1, 0.15) is 4.91 Å². The molecule has 32 heavy (non-hydrogen) atoms. The zero-order valence-corrected chi connectivity index (χ0v) is 19.2. The van der Waals surface area contributed by atoms with Crippen molar-refractivity contribution in [2.24, 2.45) is 5.84 Å². The van der Waals surface area contributed by atoms with Crippen molar-refractivity contribution in [1.82, 2.24) is 5.43 Å². The van der Waals surface area contributed by atoms with Crippen LogP contribution in [0, 0.1) is 13.8 Å². The minimum Gasteiger partial charge on any atom is -0.354 e. The summed E-state index contributed by atoms with van der Waals surface area (Å²) in [4.78, 5) is 12.8. The molecule has 3 aromatic carbocycles. The van der Waals surface area contributed by atoms with Crippen LogP contribution >= 0.6 is 0 Å². The lowest BCUT2D eigenvalue weighted by atomic mass is 10.0. The second kappa shape index (κ2) is 9.80. The van der Waals surface area contributed by atoms with Gasteiger partial charge in [-0.1, -0.05) is 55.0 Å². The molecule has 0 aliphatic carbocycles. The Morgan fingerprint density at radius 2 is 1.69 bits per heavy atom. The molecule has 7 heteroatoms. The minimum atomic E-state index is -4.19. The summed E-state index contributed by atoms with van der Waals surface area (Å²) in [7, 11) is -4.19. The van der Waals surface area contributed by atoms with Crippen LogP contribution in [0.3, 0.4) is 0 Å². The topological polar surface area (TPSA) is 101 Å². The Labute approximate surface area is 189 Å². The summed E-state index contributed by atoms with van der Waals surface area (Å²) in [5.74, 6) is 4.79. The number of Topliss-reactive ketones (excluding diaryl/α,β-unsaturated/α-hetero) is 1. The van der Waals surface area contributed by atoms with Crippen LogP contribution < -0.4 is 16.6 Å². The van der Waals surface area contributed by atoms with Crippen LogP contribution in [0.2, 0.25) is 0 Å². The first-order chi connectivity index (χ1) is 15.3. The van der Waals surface area contributed by atoms with Crippen LogP contribution in [0.5, 0.6) is 0 Å². The van der Waals surface area contributed by atoms with Gasteiger partial charge in [0.25, 0.3) is 0 Å². The fraction of sp³-hybridized carbons (Fsp3) is 0.160. The number of carbonyl (C=O) groups excluding carboxylic acids is 1. The van der Waals surface area contributed by atoms with Crippen molar-refractivity contribution in [3.63, 3.8) is 0 Å². The predicted octanol–water partition coefficient (Wildman–Crippen LogP) is 4.57. The Bertz CT molecular complexity index is 1260. The Balaban J connectivity index is 2.04. The van der Waals surface area contributed by atoms with E-state index in [1.807, 2.05) is 37.3 Å². The third-order valence-corrected chi connectivity index (χ3v) is 6.99. The number of carbonyl (C=O) groups is 1. The zero-order valence-electron chi connectivity index (χ0n) is 18.3. The predicted molar refractivity (Wildman–Crippen MR) is 128 cm³/mol. The number of rotatable bonds is 8. The van der Waals surface area contributed by atoms with Gasteiger partial charge in [0.2, 0.25) is 15.6 Å². The number of nitrogens with two attached hydrogens (primary N) is 1. The fourth-order valence-electron chi connectivity index (χ4n) is 3.44. The lowest BCUT2D eigenvalue weighted by Crippen LogP contribution is -2.22. The normalized spacial score (nSPS) is 11.8. The molecule has 3 rings (SSSR count). The smallest absolute Gasteiger partial charge is 0.214 e. The number of nitrogens with one attached hydrogen (secondary N) is 2. The molecule has 0 saturated carbocycles. The quantitative estimate of drug-likeness (QED) is 0.202. The molecule has 0 aliphatic heterocycles. The second-order valence-corrected chi connectivity index (χ2v) is 9.38. The van der Waals surface area contributed by atoms with Gasteiger partial charge < -0.3 is 10.7 Å². The molecule has 0 fully saturated rings. The van der Waals surface area contributed by atoms with E-state index in [2.05, 4.69) is 17.7 Å². The van der Waals surface area contributed by atoms with Crippen molar-refractivity contribution >= 4 is 27.0 Å². The Morgan fingerprint density at radius 3 is 2.31 bits per heavy atom. The van der Waals surface area contributed by atoms with Crippen LogP contribution in [0.25, 0.3) is 0 Å².